The Morgan fingerprint density at radius 3 is 2.55 bits per heavy atom. The van der Waals surface area contributed by atoms with Crippen molar-refractivity contribution in [2.24, 2.45) is 0 Å². The average Bonchev–Trinajstić information content (AvgIpc) is 3.53. The third-order valence-corrected chi connectivity index (χ3v) is 6.65. The van der Waals surface area contributed by atoms with Crippen LogP contribution < -0.4 is 14.9 Å². The Hall–Kier alpha value is -2.75. The number of pyridine rings is 1. The van der Waals surface area contributed by atoms with Gasteiger partial charge in [-0.15, -0.1) is 0 Å². The predicted octanol–water partition coefficient (Wildman–Crippen LogP) is 3.13. The Kier molecular flexibility index (Phi) is 7.42. The van der Waals surface area contributed by atoms with Crippen LogP contribution in [0.15, 0.2) is 24.5 Å². The van der Waals surface area contributed by atoms with Crippen molar-refractivity contribution in [2.75, 3.05) is 22.7 Å². The second-order valence-corrected chi connectivity index (χ2v) is 9.74. The molecule has 2 aromatic rings. The van der Waals surface area contributed by atoms with Crippen LogP contribution in [0.3, 0.4) is 0 Å². The summed E-state index contributed by atoms with van der Waals surface area (Å²) in [7, 11) is -3.33. The molecule has 1 saturated carbocycles. The van der Waals surface area contributed by atoms with Gasteiger partial charge in [-0.3, -0.25) is 14.5 Å². The smallest absolute Gasteiger partial charge is 0.271 e. The van der Waals surface area contributed by atoms with Gasteiger partial charge >= 0.3 is 0 Å². The van der Waals surface area contributed by atoms with E-state index < -0.39 is 10.0 Å². The summed E-state index contributed by atoms with van der Waals surface area (Å²) in [4.78, 5) is 27.4. The minimum Gasteiger partial charge on any atom is -0.355 e. The number of hydrogen-bond acceptors (Lipinski definition) is 7. The van der Waals surface area contributed by atoms with Crippen molar-refractivity contribution in [1.29, 1.82) is 0 Å². The van der Waals surface area contributed by atoms with E-state index in [2.05, 4.69) is 43.7 Å². The Morgan fingerprint density at radius 2 is 1.97 bits per heavy atom. The molecule has 0 aromatic carbocycles. The number of aromatic nitrogens is 3. The van der Waals surface area contributed by atoms with Gasteiger partial charge in [-0.05, 0) is 38.3 Å². The zero-order chi connectivity index (χ0) is 22.4. The molecule has 0 spiro atoms. The van der Waals surface area contributed by atoms with Gasteiger partial charge in [0.05, 0.1) is 35.1 Å². The molecule has 2 fully saturated rings. The molecule has 31 heavy (non-hydrogen) atoms. The molecule has 172 valence electrons. The summed E-state index contributed by atoms with van der Waals surface area (Å²) in [6.45, 7) is 8.18. The van der Waals surface area contributed by atoms with Crippen molar-refractivity contribution in [3.63, 3.8) is 0 Å². The lowest BCUT2D eigenvalue weighted by Gasteiger charge is -2.32. The maximum Gasteiger partial charge on any atom is 0.271 e. The van der Waals surface area contributed by atoms with Gasteiger partial charge in [-0.1, -0.05) is 20.3 Å². The Balaban J connectivity index is 0.00000103. The normalized spacial score (nSPS) is 15.4. The minimum absolute atomic E-state index is 0. The molecule has 9 nitrogen and oxygen atoms in total. The van der Waals surface area contributed by atoms with E-state index in [4.69, 9.17) is 0 Å². The van der Waals surface area contributed by atoms with Crippen LogP contribution in [0.25, 0.3) is 0 Å². The standard InChI is InChI=1S/C18H22N6O3S.C3H8.2H2/c1-12-17(24-7-2-8-24)20-11-16(22-12)18(25)21-10-14-9-13(5-6-19-14)23-28(26,27)15-3-4-15;1-3-2;;/h5-6,9,11,15H,2-4,7-8,10H2,1H3,(H,19,23)(H,21,25);3H2,1-2H3;2*1H. The highest BCUT2D eigenvalue weighted by Crippen LogP contribution is 2.29. The Bertz CT molecular complexity index is 1030. The molecule has 1 aliphatic heterocycles. The zero-order valence-electron chi connectivity index (χ0n) is 18.3. The van der Waals surface area contributed by atoms with E-state index in [0.29, 0.717) is 24.2 Å². The Labute approximate surface area is 186 Å². The second-order valence-electron chi connectivity index (χ2n) is 7.78. The van der Waals surface area contributed by atoms with Crippen LogP contribution in [-0.2, 0) is 16.6 Å². The van der Waals surface area contributed by atoms with Gasteiger partial charge in [0.15, 0.2) is 0 Å². The molecule has 1 aliphatic carbocycles. The van der Waals surface area contributed by atoms with E-state index in [1.165, 1.54) is 18.8 Å². The van der Waals surface area contributed by atoms with Crippen LogP contribution in [0.5, 0.6) is 0 Å². The first-order valence-electron chi connectivity index (χ1n) is 10.7. The van der Waals surface area contributed by atoms with Crippen molar-refractivity contribution >= 4 is 27.4 Å². The van der Waals surface area contributed by atoms with Crippen LogP contribution in [0.4, 0.5) is 11.5 Å². The van der Waals surface area contributed by atoms with E-state index in [0.717, 1.165) is 31.0 Å². The van der Waals surface area contributed by atoms with Gasteiger partial charge in [-0.2, -0.15) is 0 Å². The van der Waals surface area contributed by atoms with Gasteiger partial charge in [0.1, 0.15) is 11.5 Å². The maximum atomic E-state index is 12.4. The van der Waals surface area contributed by atoms with Gasteiger partial charge < -0.3 is 10.2 Å². The molecular formula is C21H34N6O3S. The lowest BCUT2D eigenvalue weighted by molar-refractivity contribution is 0.0945. The summed E-state index contributed by atoms with van der Waals surface area (Å²) in [6.07, 6.45) is 6.77. The topological polar surface area (TPSA) is 117 Å². The third-order valence-electron chi connectivity index (χ3n) is 4.78. The lowest BCUT2D eigenvalue weighted by atomic mass is 10.2. The summed E-state index contributed by atoms with van der Waals surface area (Å²) in [6, 6.07) is 3.21. The third kappa shape index (κ3) is 6.13. The van der Waals surface area contributed by atoms with Crippen LogP contribution >= 0.6 is 0 Å². The molecule has 2 N–H and O–H groups in total. The van der Waals surface area contributed by atoms with E-state index in [1.807, 2.05) is 6.92 Å². The molecule has 10 heteroatoms. The van der Waals surface area contributed by atoms with Gasteiger partial charge in [0.2, 0.25) is 10.0 Å². The number of rotatable bonds is 7. The number of amides is 1. The highest BCUT2D eigenvalue weighted by Gasteiger charge is 2.35. The maximum absolute atomic E-state index is 12.4. The van der Waals surface area contributed by atoms with Crippen molar-refractivity contribution in [3.8, 4) is 0 Å². The molecule has 0 radical (unpaired) electrons. The predicted molar refractivity (Wildman–Crippen MR) is 125 cm³/mol. The molecule has 0 atom stereocenters. The molecule has 3 heterocycles. The summed E-state index contributed by atoms with van der Waals surface area (Å²) >= 11 is 0. The summed E-state index contributed by atoms with van der Waals surface area (Å²) in [5.41, 5.74) is 1.96. The van der Waals surface area contributed by atoms with Gasteiger partial charge in [-0.25, -0.2) is 18.4 Å². The number of aryl methyl sites for hydroxylation is 1. The van der Waals surface area contributed by atoms with Crippen LogP contribution in [-0.4, -0.2) is 47.6 Å². The fraction of sp³-hybridized carbons (Fsp3) is 0.524. The van der Waals surface area contributed by atoms with E-state index in [-0.39, 0.29) is 26.2 Å². The number of carbonyl (C=O) groups is 1. The van der Waals surface area contributed by atoms with E-state index in [1.54, 1.807) is 12.1 Å². The monoisotopic (exact) mass is 450 g/mol. The summed E-state index contributed by atoms with van der Waals surface area (Å²) in [5, 5.41) is 2.45. The van der Waals surface area contributed by atoms with Crippen molar-refractivity contribution in [2.45, 2.75) is 58.2 Å². The van der Waals surface area contributed by atoms with Crippen LogP contribution in [0, 0.1) is 6.92 Å². The van der Waals surface area contributed by atoms with Gasteiger partial charge in [0, 0.05) is 22.1 Å². The summed E-state index contributed by atoms with van der Waals surface area (Å²) < 4.78 is 26.6. The molecule has 0 bridgehead atoms. The van der Waals surface area contributed by atoms with Crippen LogP contribution in [0.2, 0.25) is 0 Å². The van der Waals surface area contributed by atoms with Crippen LogP contribution in [0.1, 0.15) is 64.3 Å². The zero-order valence-corrected chi connectivity index (χ0v) is 19.1. The number of sulfonamides is 1. The molecule has 4 rings (SSSR count). The van der Waals surface area contributed by atoms with Crippen molar-refractivity contribution < 1.29 is 16.1 Å². The molecule has 2 aromatic heterocycles. The largest absolute Gasteiger partial charge is 0.355 e. The first-order valence-corrected chi connectivity index (χ1v) is 12.2. The quantitative estimate of drug-likeness (QED) is 0.665. The highest BCUT2D eigenvalue weighted by atomic mass is 32.2. The van der Waals surface area contributed by atoms with Crippen molar-refractivity contribution in [3.05, 3.63) is 41.6 Å². The Morgan fingerprint density at radius 1 is 1.26 bits per heavy atom. The lowest BCUT2D eigenvalue weighted by Crippen LogP contribution is -2.38. The number of hydrogen-bond donors (Lipinski definition) is 2. The molecule has 1 amide bonds. The number of carbonyl (C=O) groups excluding carboxylic acids is 1. The molecule has 2 aliphatic rings. The number of anilines is 2. The molecule has 0 unspecified atom stereocenters. The average molecular weight is 451 g/mol. The van der Waals surface area contributed by atoms with E-state index in [9.17, 15) is 13.2 Å². The summed E-state index contributed by atoms with van der Waals surface area (Å²) in [5.74, 6) is 0.469. The van der Waals surface area contributed by atoms with Gasteiger partial charge in [0.25, 0.3) is 5.91 Å². The fourth-order valence-electron chi connectivity index (χ4n) is 2.95. The first-order chi connectivity index (χ1) is 14.8. The number of nitrogens with zero attached hydrogens (tertiary/aromatic N) is 4. The van der Waals surface area contributed by atoms with E-state index >= 15 is 0 Å². The molecule has 1 saturated heterocycles. The highest BCUT2D eigenvalue weighted by molar-refractivity contribution is 7.93. The second kappa shape index (κ2) is 10.0. The fourth-order valence-corrected chi connectivity index (χ4v) is 4.33. The SMILES string of the molecule is CCC.Cc1nc(C(=O)NCc2cc(NS(=O)(=O)C3CC3)ccn2)cnc1N1CCC1.[HH].[HH]. The number of nitrogens with one attached hydrogen (secondary N) is 2. The molecular weight excluding hydrogens is 416 g/mol. The minimum atomic E-state index is -3.33. The first kappa shape index (κ1) is 22.9. The van der Waals surface area contributed by atoms with Crippen molar-refractivity contribution in [1.82, 2.24) is 20.3 Å².